The normalized spacial score (nSPS) is 16.0. The molecule has 19 heavy (non-hydrogen) atoms. The molecule has 1 aliphatic rings. The summed E-state index contributed by atoms with van der Waals surface area (Å²) in [6, 6.07) is 6.18. The fraction of sp³-hybridized carbons (Fsp3) is 0.308. The van der Waals surface area contributed by atoms with Crippen LogP contribution in [-0.2, 0) is 4.79 Å². The molecule has 0 radical (unpaired) electrons. The molecule has 5 nitrogen and oxygen atoms in total. The van der Waals surface area contributed by atoms with Crippen molar-refractivity contribution in [1.29, 1.82) is 5.26 Å². The van der Waals surface area contributed by atoms with Crippen LogP contribution in [0.2, 0.25) is 5.02 Å². The second-order valence-electron chi connectivity index (χ2n) is 4.50. The molecule has 0 unspecified atom stereocenters. The number of carboxylic acids is 1. The van der Waals surface area contributed by atoms with Gasteiger partial charge in [-0.25, -0.2) is 4.79 Å². The lowest BCUT2D eigenvalue weighted by atomic mass is 9.69. The number of halogens is 1. The molecule has 1 fully saturated rings. The number of carbonyl (C=O) groups excluding carboxylic acids is 1. The first kappa shape index (κ1) is 13.4. The van der Waals surface area contributed by atoms with Gasteiger partial charge in [0, 0.05) is 5.69 Å². The van der Waals surface area contributed by atoms with Crippen LogP contribution >= 0.6 is 11.6 Å². The van der Waals surface area contributed by atoms with Crippen LogP contribution in [0.25, 0.3) is 0 Å². The first-order valence-electron chi connectivity index (χ1n) is 5.74. The molecular formula is C13H11ClN2O3. The van der Waals surface area contributed by atoms with E-state index in [2.05, 4.69) is 5.32 Å². The number of carbonyl (C=O) groups is 2. The van der Waals surface area contributed by atoms with Crippen LogP contribution in [0.3, 0.4) is 0 Å². The van der Waals surface area contributed by atoms with Crippen LogP contribution in [0, 0.1) is 16.7 Å². The van der Waals surface area contributed by atoms with E-state index in [1.165, 1.54) is 18.2 Å². The summed E-state index contributed by atoms with van der Waals surface area (Å²) in [5, 5.41) is 20.5. The summed E-state index contributed by atoms with van der Waals surface area (Å²) in [6.07, 6.45) is 1.96. The quantitative estimate of drug-likeness (QED) is 0.889. The van der Waals surface area contributed by atoms with Gasteiger partial charge in [0.1, 0.15) is 5.41 Å². The number of aromatic carboxylic acids is 1. The van der Waals surface area contributed by atoms with Gasteiger partial charge in [-0.1, -0.05) is 11.6 Å². The van der Waals surface area contributed by atoms with E-state index in [4.69, 9.17) is 22.0 Å². The summed E-state index contributed by atoms with van der Waals surface area (Å²) in [6.45, 7) is 0. The average molecular weight is 279 g/mol. The third-order valence-corrected chi connectivity index (χ3v) is 3.63. The number of hydrogen-bond donors (Lipinski definition) is 2. The van der Waals surface area contributed by atoms with Crippen LogP contribution in [-0.4, -0.2) is 17.0 Å². The minimum atomic E-state index is -1.13. The van der Waals surface area contributed by atoms with Gasteiger partial charge in [-0.2, -0.15) is 5.26 Å². The highest BCUT2D eigenvalue weighted by Gasteiger charge is 2.44. The average Bonchev–Trinajstić information content (AvgIpc) is 2.27. The number of nitrogens with one attached hydrogen (secondary N) is 1. The summed E-state index contributed by atoms with van der Waals surface area (Å²) < 4.78 is 0. The Balaban J connectivity index is 2.16. The molecule has 0 aromatic heterocycles. The van der Waals surface area contributed by atoms with Crippen LogP contribution in [0.4, 0.5) is 5.69 Å². The van der Waals surface area contributed by atoms with Gasteiger partial charge in [-0.15, -0.1) is 0 Å². The molecule has 2 N–H and O–H groups in total. The zero-order chi connectivity index (χ0) is 14.0. The fourth-order valence-electron chi connectivity index (χ4n) is 1.94. The van der Waals surface area contributed by atoms with E-state index in [-0.39, 0.29) is 16.5 Å². The smallest absolute Gasteiger partial charge is 0.337 e. The Hall–Kier alpha value is -2.06. The van der Waals surface area contributed by atoms with Crippen molar-refractivity contribution in [3.05, 3.63) is 28.8 Å². The summed E-state index contributed by atoms with van der Waals surface area (Å²) in [4.78, 5) is 22.8. The monoisotopic (exact) mass is 278 g/mol. The number of anilines is 1. The maximum absolute atomic E-state index is 12.0. The van der Waals surface area contributed by atoms with E-state index in [1.807, 2.05) is 6.07 Å². The molecule has 0 saturated heterocycles. The fourth-order valence-corrected chi connectivity index (χ4v) is 2.20. The van der Waals surface area contributed by atoms with E-state index >= 15 is 0 Å². The Morgan fingerprint density at radius 1 is 1.42 bits per heavy atom. The maximum atomic E-state index is 12.0. The number of amides is 1. The Labute approximate surface area is 114 Å². The van der Waals surface area contributed by atoms with Crippen LogP contribution in [0.5, 0.6) is 0 Å². The molecular weight excluding hydrogens is 268 g/mol. The lowest BCUT2D eigenvalue weighted by Crippen LogP contribution is -2.40. The van der Waals surface area contributed by atoms with Crippen LogP contribution in [0.15, 0.2) is 18.2 Å². The van der Waals surface area contributed by atoms with Crippen LogP contribution in [0.1, 0.15) is 29.6 Å². The van der Waals surface area contributed by atoms with Crippen molar-refractivity contribution in [2.45, 2.75) is 19.3 Å². The van der Waals surface area contributed by atoms with Crippen molar-refractivity contribution in [3.8, 4) is 6.07 Å². The van der Waals surface area contributed by atoms with Gasteiger partial charge in [0.15, 0.2) is 0 Å². The van der Waals surface area contributed by atoms with Crippen molar-refractivity contribution >= 4 is 29.2 Å². The number of rotatable bonds is 3. The topological polar surface area (TPSA) is 90.2 Å². The van der Waals surface area contributed by atoms with Gasteiger partial charge < -0.3 is 10.4 Å². The molecule has 2 rings (SSSR count). The van der Waals surface area contributed by atoms with Crippen LogP contribution < -0.4 is 5.32 Å². The Morgan fingerprint density at radius 2 is 2.11 bits per heavy atom. The largest absolute Gasteiger partial charge is 0.478 e. The standard InChI is InChI=1S/C13H11ClN2O3/c14-10-6-8(2-3-9(10)11(17)18)16-12(19)13(7-15)4-1-5-13/h2-3,6H,1,4-5H2,(H,16,19)(H,17,18). The molecule has 98 valence electrons. The lowest BCUT2D eigenvalue weighted by Gasteiger charge is -2.33. The number of carboxylic acid groups (broad SMARTS) is 1. The van der Waals surface area contributed by atoms with E-state index in [0.29, 0.717) is 18.5 Å². The highest BCUT2D eigenvalue weighted by Crippen LogP contribution is 2.41. The van der Waals surface area contributed by atoms with Gasteiger partial charge >= 0.3 is 5.97 Å². The Bertz CT molecular complexity index is 588. The summed E-state index contributed by atoms with van der Waals surface area (Å²) in [5.41, 5.74) is -0.586. The first-order chi connectivity index (χ1) is 8.98. The van der Waals surface area contributed by atoms with Gasteiger partial charge in [0.2, 0.25) is 5.91 Å². The predicted octanol–water partition coefficient (Wildman–Crippen LogP) is 2.67. The summed E-state index contributed by atoms with van der Waals surface area (Å²) in [5.74, 6) is -1.49. The molecule has 1 aliphatic carbocycles. The molecule has 0 aliphatic heterocycles. The van der Waals surface area contributed by atoms with Gasteiger partial charge in [-0.05, 0) is 37.5 Å². The number of hydrogen-bond acceptors (Lipinski definition) is 3. The summed E-state index contributed by atoms with van der Waals surface area (Å²) in [7, 11) is 0. The molecule has 0 atom stereocenters. The van der Waals surface area contributed by atoms with Gasteiger partial charge in [0.05, 0.1) is 16.7 Å². The molecule has 6 heteroatoms. The third-order valence-electron chi connectivity index (χ3n) is 3.31. The van der Waals surface area contributed by atoms with Crippen molar-refractivity contribution < 1.29 is 14.7 Å². The minimum Gasteiger partial charge on any atom is -0.478 e. The second kappa shape index (κ2) is 4.90. The van der Waals surface area contributed by atoms with E-state index in [1.54, 1.807) is 0 Å². The predicted molar refractivity (Wildman–Crippen MR) is 68.9 cm³/mol. The molecule has 1 aromatic carbocycles. The Morgan fingerprint density at radius 3 is 2.53 bits per heavy atom. The van der Waals surface area contributed by atoms with Crippen molar-refractivity contribution in [1.82, 2.24) is 0 Å². The third kappa shape index (κ3) is 2.40. The molecule has 0 heterocycles. The maximum Gasteiger partial charge on any atom is 0.337 e. The zero-order valence-corrected chi connectivity index (χ0v) is 10.7. The summed E-state index contributed by atoms with van der Waals surface area (Å²) >= 11 is 5.81. The molecule has 1 aromatic rings. The van der Waals surface area contributed by atoms with Gasteiger partial charge in [0.25, 0.3) is 0 Å². The number of nitriles is 1. The van der Waals surface area contributed by atoms with E-state index in [9.17, 15) is 9.59 Å². The second-order valence-corrected chi connectivity index (χ2v) is 4.91. The highest BCUT2D eigenvalue weighted by molar-refractivity contribution is 6.33. The Kier molecular flexibility index (Phi) is 3.45. The highest BCUT2D eigenvalue weighted by atomic mass is 35.5. The molecule has 1 saturated carbocycles. The molecule has 0 bridgehead atoms. The molecule has 0 spiro atoms. The van der Waals surface area contributed by atoms with E-state index in [0.717, 1.165) is 6.42 Å². The first-order valence-corrected chi connectivity index (χ1v) is 6.12. The number of benzene rings is 1. The lowest BCUT2D eigenvalue weighted by molar-refractivity contribution is -0.126. The van der Waals surface area contributed by atoms with Crippen molar-refractivity contribution in [3.63, 3.8) is 0 Å². The zero-order valence-electron chi connectivity index (χ0n) is 9.94. The van der Waals surface area contributed by atoms with Gasteiger partial charge in [-0.3, -0.25) is 4.79 Å². The SMILES string of the molecule is N#CC1(C(=O)Nc2ccc(C(=O)O)c(Cl)c2)CCC1. The number of nitrogens with zero attached hydrogens (tertiary/aromatic N) is 1. The minimum absolute atomic E-state index is 0.0293. The van der Waals surface area contributed by atoms with Crippen molar-refractivity contribution in [2.75, 3.05) is 5.32 Å². The van der Waals surface area contributed by atoms with E-state index < -0.39 is 11.4 Å². The molecule has 1 amide bonds. The van der Waals surface area contributed by atoms with Crippen molar-refractivity contribution in [2.24, 2.45) is 5.41 Å².